The Labute approximate surface area is 54.8 Å². The summed E-state index contributed by atoms with van der Waals surface area (Å²) in [7, 11) is 0. The summed E-state index contributed by atoms with van der Waals surface area (Å²) in [5, 5.41) is 0. The Morgan fingerprint density at radius 1 is 1.62 bits per heavy atom. The Morgan fingerprint density at radius 3 is 2.00 bits per heavy atom. The number of alkyl halides is 1. The first-order valence-corrected chi connectivity index (χ1v) is 2.17. The molecule has 0 aromatic rings. The molecule has 0 aromatic carbocycles. The number of rotatable bonds is 2. The normalized spacial score (nSPS) is 16.5. The molecule has 0 bridgehead atoms. The molecule has 0 heterocycles. The van der Waals surface area contributed by atoms with Crippen LogP contribution in [0.5, 0.6) is 0 Å². The van der Waals surface area contributed by atoms with Crippen molar-refractivity contribution < 1.29 is 4.39 Å². The van der Waals surface area contributed by atoms with Gasteiger partial charge in [0.15, 0.2) is 0 Å². The van der Waals surface area contributed by atoms with Crippen LogP contribution in [-0.4, -0.2) is 18.8 Å². The number of halogens is 2. The first-order chi connectivity index (χ1) is 3.12. The largest absolute Gasteiger partial charge is 0.329 e. The molecule has 8 heavy (non-hydrogen) atoms. The molecule has 0 saturated heterocycles. The highest BCUT2D eigenvalue weighted by Crippen LogP contribution is 1.93. The maximum Gasteiger partial charge on any atom is 0.108 e. The predicted molar refractivity (Wildman–Crippen MR) is 34.9 cm³/mol. The Hall–Kier alpha value is 0.140. The summed E-state index contributed by atoms with van der Waals surface area (Å²) in [5.74, 6) is 0. The fraction of sp³-hybridized carbons (Fsp3) is 1.00. The molecule has 52 valence electrons. The van der Waals surface area contributed by atoms with Crippen molar-refractivity contribution in [3.63, 3.8) is 0 Å². The second-order valence-corrected chi connectivity index (χ2v) is 1.99. The van der Waals surface area contributed by atoms with E-state index in [2.05, 4.69) is 0 Å². The van der Waals surface area contributed by atoms with E-state index in [0.29, 0.717) is 0 Å². The molecule has 0 fully saturated rings. The summed E-state index contributed by atoms with van der Waals surface area (Å²) in [6.45, 7) is 1.22. The highest BCUT2D eigenvalue weighted by atomic mass is 35.5. The van der Waals surface area contributed by atoms with Gasteiger partial charge < -0.3 is 11.5 Å². The highest BCUT2D eigenvalue weighted by molar-refractivity contribution is 5.85. The van der Waals surface area contributed by atoms with Crippen molar-refractivity contribution in [2.75, 3.05) is 13.2 Å². The molecule has 0 rings (SSSR count). The Balaban J connectivity index is 0. The lowest BCUT2D eigenvalue weighted by Gasteiger charge is -2.15. The molecule has 0 aliphatic carbocycles. The molecule has 0 radical (unpaired) electrons. The van der Waals surface area contributed by atoms with Crippen LogP contribution in [0.3, 0.4) is 0 Å². The highest BCUT2D eigenvalue weighted by Gasteiger charge is 2.13. The molecule has 0 amide bonds. The first-order valence-electron chi connectivity index (χ1n) is 2.17. The second-order valence-electron chi connectivity index (χ2n) is 1.99. The van der Waals surface area contributed by atoms with Gasteiger partial charge >= 0.3 is 0 Å². The molecule has 1 unspecified atom stereocenters. The van der Waals surface area contributed by atoms with E-state index in [1.165, 1.54) is 0 Å². The minimum atomic E-state index is -0.806. The standard InChI is InChI=1S/C4H11FN2.ClH/c1-4(7,2-5)3-6;/h2-3,6-7H2,1H3;1H. The first kappa shape index (κ1) is 11.0. The van der Waals surface area contributed by atoms with Crippen molar-refractivity contribution in [1.29, 1.82) is 0 Å². The molecule has 2 nitrogen and oxygen atoms in total. The molecule has 0 saturated carbocycles. The van der Waals surface area contributed by atoms with E-state index in [-0.39, 0.29) is 19.0 Å². The van der Waals surface area contributed by atoms with E-state index in [1.807, 2.05) is 0 Å². The number of hydrogen-bond donors (Lipinski definition) is 2. The van der Waals surface area contributed by atoms with Crippen LogP contribution in [0.1, 0.15) is 6.92 Å². The van der Waals surface area contributed by atoms with Crippen molar-refractivity contribution in [1.82, 2.24) is 0 Å². The smallest absolute Gasteiger partial charge is 0.108 e. The van der Waals surface area contributed by atoms with E-state index >= 15 is 0 Å². The molecule has 1 atom stereocenters. The lowest BCUT2D eigenvalue weighted by Crippen LogP contribution is -2.45. The lowest BCUT2D eigenvalue weighted by atomic mass is 10.1. The Bertz CT molecular complexity index is 52.0. The quantitative estimate of drug-likeness (QED) is 0.573. The number of hydrogen-bond acceptors (Lipinski definition) is 2. The van der Waals surface area contributed by atoms with Gasteiger partial charge in [-0.3, -0.25) is 0 Å². The van der Waals surface area contributed by atoms with E-state index in [0.717, 1.165) is 0 Å². The van der Waals surface area contributed by atoms with Crippen LogP contribution in [0.15, 0.2) is 0 Å². The molecule has 0 spiro atoms. The van der Waals surface area contributed by atoms with Crippen LogP contribution >= 0.6 is 12.4 Å². The minimum Gasteiger partial charge on any atom is -0.329 e. The summed E-state index contributed by atoms with van der Waals surface area (Å²) in [4.78, 5) is 0. The van der Waals surface area contributed by atoms with Crippen LogP contribution in [0.2, 0.25) is 0 Å². The summed E-state index contributed by atoms with van der Waals surface area (Å²) in [6, 6.07) is 0. The average molecular weight is 143 g/mol. The molecule has 0 aliphatic heterocycles. The summed E-state index contributed by atoms with van der Waals surface area (Å²) >= 11 is 0. The molecular weight excluding hydrogens is 131 g/mol. The Kier molecular flexibility index (Phi) is 5.59. The van der Waals surface area contributed by atoms with Gasteiger partial charge in [-0.25, -0.2) is 4.39 Å². The van der Waals surface area contributed by atoms with Crippen LogP contribution in [0.25, 0.3) is 0 Å². The maximum absolute atomic E-state index is 11.6. The van der Waals surface area contributed by atoms with Gasteiger partial charge in [0.05, 0.1) is 5.54 Å². The third-order valence-electron chi connectivity index (χ3n) is 0.772. The molecule has 0 aromatic heterocycles. The summed E-state index contributed by atoms with van der Waals surface area (Å²) < 4.78 is 11.6. The summed E-state index contributed by atoms with van der Waals surface area (Å²) in [5.41, 5.74) is 9.46. The number of nitrogens with two attached hydrogens (primary N) is 2. The minimum absolute atomic E-state index is 0. The van der Waals surface area contributed by atoms with Gasteiger partial charge in [-0.2, -0.15) is 0 Å². The van der Waals surface area contributed by atoms with E-state index in [4.69, 9.17) is 11.5 Å². The zero-order valence-corrected chi connectivity index (χ0v) is 5.67. The van der Waals surface area contributed by atoms with E-state index in [9.17, 15) is 4.39 Å². The van der Waals surface area contributed by atoms with Gasteiger partial charge in [-0.15, -0.1) is 12.4 Å². The van der Waals surface area contributed by atoms with Gasteiger partial charge in [0.1, 0.15) is 6.67 Å². The zero-order valence-electron chi connectivity index (χ0n) is 4.86. The zero-order chi connectivity index (χ0) is 5.91. The van der Waals surface area contributed by atoms with Crippen molar-refractivity contribution in [2.45, 2.75) is 12.5 Å². The molecule has 4 heteroatoms. The fourth-order valence-corrected chi connectivity index (χ4v) is 0.0546. The van der Waals surface area contributed by atoms with Gasteiger partial charge in [0, 0.05) is 6.54 Å². The monoisotopic (exact) mass is 142 g/mol. The maximum atomic E-state index is 11.6. The van der Waals surface area contributed by atoms with Crippen molar-refractivity contribution >= 4 is 12.4 Å². The van der Waals surface area contributed by atoms with Crippen molar-refractivity contribution in [3.05, 3.63) is 0 Å². The average Bonchev–Trinajstić information content (AvgIpc) is 1.68. The van der Waals surface area contributed by atoms with Gasteiger partial charge in [-0.1, -0.05) is 0 Å². The van der Waals surface area contributed by atoms with Gasteiger partial charge in [0.25, 0.3) is 0 Å². The SMILES string of the molecule is CC(N)(CN)CF.Cl. The van der Waals surface area contributed by atoms with Crippen molar-refractivity contribution in [3.8, 4) is 0 Å². The third kappa shape index (κ3) is 4.30. The fourth-order valence-electron chi connectivity index (χ4n) is 0.0546. The van der Waals surface area contributed by atoms with E-state index < -0.39 is 12.2 Å². The topological polar surface area (TPSA) is 52.0 Å². The predicted octanol–water partition coefficient (Wildman–Crippen LogP) is 0.0538. The Morgan fingerprint density at radius 2 is 2.00 bits per heavy atom. The van der Waals surface area contributed by atoms with Crippen LogP contribution in [0.4, 0.5) is 4.39 Å². The third-order valence-corrected chi connectivity index (χ3v) is 0.772. The molecule has 4 N–H and O–H groups in total. The van der Waals surface area contributed by atoms with Crippen LogP contribution in [-0.2, 0) is 0 Å². The summed E-state index contributed by atoms with van der Waals surface area (Å²) in [6.07, 6.45) is 0. The van der Waals surface area contributed by atoms with Gasteiger partial charge in [-0.05, 0) is 6.92 Å². The lowest BCUT2D eigenvalue weighted by molar-refractivity contribution is 0.336. The molecular formula is C4H12ClFN2. The molecule has 0 aliphatic rings. The van der Waals surface area contributed by atoms with E-state index in [1.54, 1.807) is 6.92 Å². The van der Waals surface area contributed by atoms with Gasteiger partial charge in [0.2, 0.25) is 0 Å². The second kappa shape index (κ2) is 4.06. The van der Waals surface area contributed by atoms with Crippen LogP contribution < -0.4 is 11.5 Å². The van der Waals surface area contributed by atoms with Crippen molar-refractivity contribution in [2.24, 2.45) is 11.5 Å². The van der Waals surface area contributed by atoms with Crippen LogP contribution in [0, 0.1) is 0 Å².